The number of nitrogens with one attached hydrogen (secondary N) is 1. The minimum Gasteiger partial charge on any atom is -0.298 e. The minimum absolute atomic E-state index is 0.333. The topological polar surface area (TPSA) is 87.8 Å². The first kappa shape index (κ1) is 28.4. The molecule has 1 aliphatic carbocycles. The largest absolute Gasteiger partial charge is 0.298 e. The number of allylic oxidation sites excluding steroid dienone is 1. The van der Waals surface area contributed by atoms with Crippen LogP contribution in [0.1, 0.15) is 11.1 Å². The number of rotatable bonds is 5. The number of nitrogens with zero attached hydrogens (tertiary/aromatic N) is 5. The summed E-state index contributed by atoms with van der Waals surface area (Å²) in [5.41, 5.74) is 12.5. The predicted octanol–water partition coefficient (Wildman–Crippen LogP) is 9.44. The van der Waals surface area contributed by atoms with Gasteiger partial charge in [0.25, 0.3) is 0 Å². The van der Waals surface area contributed by atoms with Crippen molar-refractivity contribution in [2.24, 2.45) is 4.40 Å². The Labute approximate surface area is 277 Å². The summed E-state index contributed by atoms with van der Waals surface area (Å²) in [5, 5.41) is 9.96. The Morgan fingerprint density at radius 1 is 0.553 bits per heavy atom. The molecule has 222 valence electrons. The van der Waals surface area contributed by atoms with Crippen LogP contribution in [-0.4, -0.2) is 31.4 Å². The van der Waals surface area contributed by atoms with Gasteiger partial charge < -0.3 is 0 Å². The van der Waals surface area contributed by atoms with E-state index in [0.717, 1.165) is 78.3 Å². The smallest absolute Gasteiger partial charge is 0.0966 e. The molecule has 1 aliphatic rings. The van der Waals surface area contributed by atoms with Crippen molar-refractivity contribution in [2.45, 2.75) is 0 Å². The number of pyridine rings is 4. The molecule has 0 radical (unpaired) electrons. The van der Waals surface area contributed by atoms with E-state index in [1.807, 2.05) is 78.9 Å². The number of thiol groups is 1. The number of fused-ring (bicyclic) bond motifs is 3. The van der Waals surface area contributed by atoms with Gasteiger partial charge in [-0.15, -0.1) is 0 Å². The zero-order valence-electron chi connectivity index (χ0n) is 25.0. The van der Waals surface area contributed by atoms with E-state index in [9.17, 15) is 0 Å². The molecule has 7 heteroatoms. The van der Waals surface area contributed by atoms with Crippen LogP contribution in [0.15, 0.2) is 144 Å². The third-order valence-corrected chi connectivity index (χ3v) is 8.55. The highest BCUT2D eigenvalue weighted by molar-refractivity contribution is 7.79. The standard InChI is InChI=1S/C40H26N6S/c41-38-34(46-47)20-19-31-37(38)30-12-8-11-29(40(30)45-39(31)27-9-2-1-3-10-27)26-17-15-25(16-18-26)28-23-35(32-13-4-6-21-42-32)44-36(24-28)33-14-5-7-22-43-33/h1-24,41,47H/b41-38?,46-34-. The van der Waals surface area contributed by atoms with Crippen LogP contribution >= 0.6 is 12.8 Å². The second-order valence-electron chi connectivity index (χ2n) is 11.1. The average Bonchev–Trinajstić information content (AvgIpc) is 3.15. The van der Waals surface area contributed by atoms with Gasteiger partial charge in [-0.25, -0.2) is 14.4 Å². The highest BCUT2D eigenvalue weighted by Gasteiger charge is 2.24. The zero-order valence-corrected chi connectivity index (χ0v) is 25.9. The van der Waals surface area contributed by atoms with E-state index < -0.39 is 0 Å². The molecule has 0 saturated carbocycles. The molecule has 0 aliphatic heterocycles. The van der Waals surface area contributed by atoms with E-state index >= 15 is 0 Å². The molecule has 4 heterocycles. The minimum atomic E-state index is 0.333. The van der Waals surface area contributed by atoms with Gasteiger partial charge in [0.05, 0.1) is 45.4 Å². The average molecular weight is 623 g/mol. The monoisotopic (exact) mass is 622 g/mol. The van der Waals surface area contributed by atoms with Crippen LogP contribution in [0.2, 0.25) is 0 Å². The third kappa shape index (κ3) is 5.22. The summed E-state index contributed by atoms with van der Waals surface area (Å²) in [6.45, 7) is 0. The number of para-hydroxylation sites is 1. The predicted molar refractivity (Wildman–Crippen MR) is 195 cm³/mol. The first-order chi connectivity index (χ1) is 23.2. The van der Waals surface area contributed by atoms with Crippen molar-refractivity contribution >= 4 is 41.2 Å². The summed E-state index contributed by atoms with van der Waals surface area (Å²) in [6, 6.07) is 40.6. The van der Waals surface area contributed by atoms with Crippen LogP contribution in [0, 0.1) is 5.41 Å². The lowest BCUT2D eigenvalue weighted by Gasteiger charge is -2.20. The van der Waals surface area contributed by atoms with Gasteiger partial charge in [-0.3, -0.25) is 15.4 Å². The molecular weight excluding hydrogens is 597 g/mol. The Bertz CT molecular complexity index is 2290. The molecule has 0 saturated heterocycles. The molecule has 0 unspecified atom stereocenters. The fraction of sp³-hybridized carbons (Fsp3) is 0. The second kappa shape index (κ2) is 12.0. The first-order valence-electron chi connectivity index (χ1n) is 15.2. The van der Waals surface area contributed by atoms with Gasteiger partial charge in [0.15, 0.2) is 0 Å². The van der Waals surface area contributed by atoms with Gasteiger partial charge in [0.2, 0.25) is 0 Å². The highest BCUT2D eigenvalue weighted by Crippen LogP contribution is 2.38. The number of hydrogen-bond donors (Lipinski definition) is 2. The quantitative estimate of drug-likeness (QED) is 0.187. The van der Waals surface area contributed by atoms with E-state index in [4.69, 9.17) is 15.4 Å². The van der Waals surface area contributed by atoms with E-state index in [-0.39, 0.29) is 0 Å². The second-order valence-corrected chi connectivity index (χ2v) is 11.3. The Kier molecular flexibility index (Phi) is 7.28. The van der Waals surface area contributed by atoms with Crippen LogP contribution in [-0.2, 0) is 0 Å². The van der Waals surface area contributed by atoms with Crippen LogP contribution in [0.25, 0.3) is 73.3 Å². The molecule has 6 nitrogen and oxygen atoms in total. The summed E-state index contributed by atoms with van der Waals surface area (Å²) in [7, 11) is 0. The molecular formula is C40H26N6S. The number of hydrogen-bond acceptors (Lipinski definition) is 7. The number of benzene rings is 3. The lowest BCUT2D eigenvalue weighted by atomic mass is 9.87. The van der Waals surface area contributed by atoms with E-state index in [2.05, 4.69) is 81.8 Å². The van der Waals surface area contributed by atoms with Gasteiger partial charge in [-0.2, -0.15) is 0 Å². The lowest BCUT2D eigenvalue weighted by molar-refractivity contribution is 1.22. The summed E-state index contributed by atoms with van der Waals surface area (Å²) >= 11 is 4.15. The highest BCUT2D eigenvalue weighted by atomic mass is 32.1. The summed E-state index contributed by atoms with van der Waals surface area (Å²) in [4.78, 5) is 19.3. The molecule has 1 N–H and O–H groups in total. The van der Waals surface area contributed by atoms with E-state index in [0.29, 0.717) is 11.4 Å². The molecule has 8 rings (SSSR count). The van der Waals surface area contributed by atoms with Crippen molar-refractivity contribution in [2.75, 3.05) is 0 Å². The Morgan fingerprint density at radius 3 is 1.85 bits per heavy atom. The summed E-state index contributed by atoms with van der Waals surface area (Å²) in [5.74, 6) is 0. The fourth-order valence-corrected chi connectivity index (χ4v) is 6.24. The van der Waals surface area contributed by atoms with Crippen molar-refractivity contribution in [3.63, 3.8) is 0 Å². The molecule has 47 heavy (non-hydrogen) atoms. The molecule has 3 aromatic carbocycles. The van der Waals surface area contributed by atoms with Crippen molar-refractivity contribution in [1.82, 2.24) is 19.9 Å². The molecule has 4 aromatic heterocycles. The lowest BCUT2D eigenvalue weighted by Crippen LogP contribution is -2.18. The van der Waals surface area contributed by atoms with Crippen molar-refractivity contribution in [1.29, 1.82) is 5.41 Å². The van der Waals surface area contributed by atoms with Crippen LogP contribution < -0.4 is 0 Å². The van der Waals surface area contributed by atoms with E-state index in [1.54, 1.807) is 12.4 Å². The van der Waals surface area contributed by atoms with Gasteiger partial charge >= 0.3 is 0 Å². The van der Waals surface area contributed by atoms with Crippen molar-refractivity contribution in [3.8, 4) is 56.3 Å². The molecule has 7 aromatic rings. The number of aromatic nitrogens is 4. The third-order valence-electron chi connectivity index (χ3n) is 8.33. The SMILES string of the molecule is N=C1/C(=N\S)C=Cc2c(-c3ccccc3)nc3c(-c4ccc(-c5cc(-c6ccccn6)nc(-c6ccccn6)c5)cc4)cccc3c21. The molecule has 0 amide bonds. The van der Waals surface area contributed by atoms with Crippen LogP contribution in [0.4, 0.5) is 0 Å². The van der Waals surface area contributed by atoms with Crippen molar-refractivity contribution < 1.29 is 0 Å². The maximum atomic E-state index is 9.05. The van der Waals surface area contributed by atoms with Crippen LogP contribution in [0.5, 0.6) is 0 Å². The fourth-order valence-electron chi connectivity index (χ4n) is 6.07. The maximum absolute atomic E-state index is 9.05. The first-order valence-corrected chi connectivity index (χ1v) is 15.6. The van der Waals surface area contributed by atoms with Gasteiger partial charge in [0, 0.05) is 40.0 Å². The molecule has 0 spiro atoms. The molecule has 0 atom stereocenters. The van der Waals surface area contributed by atoms with Gasteiger partial charge in [-0.1, -0.05) is 84.9 Å². The maximum Gasteiger partial charge on any atom is 0.0966 e. The Morgan fingerprint density at radius 2 is 1.21 bits per heavy atom. The molecule has 0 fully saturated rings. The summed E-state index contributed by atoms with van der Waals surface area (Å²) in [6.07, 6.45) is 7.38. The molecule has 0 bridgehead atoms. The normalized spacial score (nSPS) is 13.2. The van der Waals surface area contributed by atoms with Crippen LogP contribution in [0.3, 0.4) is 0 Å². The Hall–Kier alpha value is -6.05. The van der Waals surface area contributed by atoms with Gasteiger partial charge in [0.1, 0.15) is 0 Å². The van der Waals surface area contributed by atoms with Gasteiger partial charge in [-0.05, 0) is 78.1 Å². The zero-order chi connectivity index (χ0) is 31.7. The summed E-state index contributed by atoms with van der Waals surface area (Å²) < 4.78 is 4.07. The Balaban J connectivity index is 1.27. The van der Waals surface area contributed by atoms with Crippen molar-refractivity contribution in [3.05, 3.63) is 151 Å². The van der Waals surface area contributed by atoms with E-state index in [1.165, 1.54) is 0 Å².